The standard InChI is InChI=1S/C21H25ClN2O3S/c1-12-13(2)28-20(18(12)19(23)14-6-8-15(22)9-7-14)24-16(25)10-11-17(26)27-21(3,4)5/h6-9,23H,10-11H2,1-5H3,(H,24,25). The van der Waals surface area contributed by atoms with E-state index in [2.05, 4.69) is 5.32 Å². The number of halogens is 1. The van der Waals surface area contributed by atoms with Gasteiger partial charge in [-0.25, -0.2) is 0 Å². The minimum Gasteiger partial charge on any atom is -0.460 e. The van der Waals surface area contributed by atoms with Crippen LogP contribution in [0.5, 0.6) is 0 Å². The smallest absolute Gasteiger partial charge is 0.306 e. The first-order valence-corrected chi connectivity index (χ1v) is 10.1. The Morgan fingerprint density at radius 3 is 2.32 bits per heavy atom. The van der Waals surface area contributed by atoms with E-state index in [-0.39, 0.29) is 18.7 Å². The Bertz CT molecular complexity index is 896. The summed E-state index contributed by atoms with van der Waals surface area (Å²) in [6.45, 7) is 9.25. The predicted octanol–water partition coefficient (Wildman–Crippen LogP) is 5.49. The summed E-state index contributed by atoms with van der Waals surface area (Å²) in [5, 5.41) is 12.7. The van der Waals surface area contributed by atoms with Crippen LogP contribution in [0.1, 0.15) is 55.2 Å². The molecule has 1 amide bonds. The molecule has 1 heterocycles. The van der Waals surface area contributed by atoms with Gasteiger partial charge in [0, 0.05) is 27.4 Å². The first-order valence-electron chi connectivity index (χ1n) is 8.94. The van der Waals surface area contributed by atoms with E-state index >= 15 is 0 Å². The Balaban J connectivity index is 2.13. The van der Waals surface area contributed by atoms with Crippen molar-refractivity contribution in [1.29, 1.82) is 5.41 Å². The van der Waals surface area contributed by atoms with Crippen LogP contribution in [0.25, 0.3) is 0 Å². The molecular weight excluding hydrogens is 396 g/mol. The zero-order valence-corrected chi connectivity index (χ0v) is 18.3. The van der Waals surface area contributed by atoms with Gasteiger partial charge in [-0.2, -0.15) is 0 Å². The van der Waals surface area contributed by atoms with E-state index in [0.717, 1.165) is 16.0 Å². The fourth-order valence-corrected chi connectivity index (χ4v) is 3.78. The summed E-state index contributed by atoms with van der Waals surface area (Å²) in [5.74, 6) is -0.687. The summed E-state index contributed by atoms with van der Waals surface area (Å²) >= 11 is 7.36. The van der Waals surface area contributed by atoms with Crippen molar-refractivity contribution in [1.82, 2.24) is 0 Å². The van der Waals surface area contributed by atoms with Crippen LogP contribution in [-0.2, 0) is 14.3 Å². The lowest BCUT2D eigenvalue weighted by molar-refractivity contribution is -0.155. The fourth-order valence-electron chi connectivity index (χ4n) is 2.57. The maximum absolute atomic E-state index is 12.4. The number of carbonyl (C=O) groups is 2. The molecule has 0 saturated carbocycles. The van der Waals surface area contributed by atoms with Crippen molar-refractivity contribution in [2.75, 3.05) is 5.32 Å². The molecule has 0 unspecified atom stereocenters. The van der Waals surface area contributed by atoms with Crippen molar-refractivity contribution in [3.8, 4) is 0 Å². The topological polar surface area (TPSA) is 79.2 Å². The number of thiophene rings is 1. The van der Waals surface area contributed by atoms with E-state index in [1.165, 1.54) is 11.3 Å². The molecule has 1 aromatic heterocycles. The minimum atomic E-state index is -0.573. The molecule has 0 aliphatic rings. The van der Waals surface area contributed by atoms with Crippen molar-refractivity contribution < 1.29 is 14.3 Å². The third-order valence-corrected chi connectivity index (χ3v) is 5.37. The number of amides is 1. The van der Waals surface area contributed by atoms with E-state index in [0.29, 0.717) is 21.3 Å². The van der Waals surface area contributed by atoms with Crippen LogP contribution in [0.4, 0.5) is 5.00 Å². The SMILES string of the molecule is Cc1sc(NC(=O)CCC(=O)OC(C)(C)C)c(C(=N)c2ccc(Cl)cc2)c1C. The second-order valence-electron chi connectivity index (χ2n) is 7.50. The molecule has 0 aliphatic carbocycles. The molecule has 0 saturated heterocycles. The van der Waals surface area contributed by atoms with Gasteiger partial charge in [-0.1, -0.05) is 23.7 Å². The van der Waals surface area contributed by atoms with Gasteiger partial charge >= 0.3 is 5.97 Å². The maximum atomic E-state index is 12.4. The number of benzene rings is 1. The van der Waals surface area contributed by atoms with Crippen molar-refractivity contribution in [3.63, 3.8) is 0 Å². The van der Waals surface area contributed by atoms with Crippen molar-refractivity contribution in [2.45, 2.75) is 53.1 Å². The quantitative estimate of drug-likeness (QED) is 0.478. The lowest BCUT2D eigenvalue weighted by Gasteiger charge is -2.19. The van der Waals surface area contributed by atoms with Crippen molar-refractivity contribution >= 4 is 45.5 Å². The lowest BCUT2D eigenvalue weighted by Crippen LogP contribution is -2.24. The lowest BCUT2D eigenvalue weighted by atomic mass is 10.0. The van der Waals surface area contributed by atoms with Crippen molar-refractivity contribution in [2.24, 2.45) is 0 Å². The molecule has 0 aliphatic heterocycles. The minimum absolute atomic E-state index is 0.0103. The summed E-state index contributed by atoms with van der Waals surface area (Å²) < 4.78 is 5.23. The number of hydrogen-bond donors (Lipinski definition) is 2. The molecule has 0 radical (unpaired) electrons. The summed E-state index contributed by atoms with van der Waals surface area (Å²) in [5.41, 5.74) is 2.11. The molecule has 5 nitrogen and oxygen atoms in total. The molecule has 0 bridgehead atoms. The number of ether oxygens (including phenoxy) is 1. The zero-order valence-electron chi connectivity index (χ0n) is 16.7. The summed E-state index contributed by atoms with van der Waals surface area (Å²) in [4.78, 5) is 25.2. The molecule has 7 heteroatoms. The number of hydrogen-bond acceptors (Lipinski definition) is 5. The number of aryl methyl sites for hydroxylation is 1. The highest BCUT2D eigenvalue weighted by molar-refractivity contribution is 7.16. The van der Waals surface area contributed by atoms with Crippen LogP contribution in [-0.4, -0.2) is 23.2 Å². The van der Waals surface area contributed by atoms with Gasteiger partial charge in [0.25, 0.3) is 0 Å². The largest absolute Gasteiger partial charge is 0.460 e. The normalized spacial score (nSPS) is 11.2. The van der Waals surface area contributed by atoms with Gasteiger partial charge in [0.1, 0.15) is 10.6 Å². The highest BCUT2D eigenvalue weighted by Crippen LogP contribution is 2.34. The Kier molecular flexibility index (Phi) is 7.01. The molecule has 2 rings (SSSR count). The first-order chi connectivity index (χ1) is 13.0. The van der Waals surface area contributed by atoms with Crippen LogP contribution in [0.15, 0.2) is 24.3 Å². The van der Waals surface area contributed by atoms with Crippen LogP contribution in [0, 0.1) is 19.3 Å². The summed E-state index contributed by atoms with van der Waals surface area (Å²) in [7, 11) is 0. The highest BCUT2D eigenvalue weighted by atomic mass is 35.5. The molecule has 0 fully saturated rings. The zero-order chi connectivity index (χ0) is 21.1. The molecule has 1 aromatic carbocycles. The van der Waals surface area contributed by atoms with Crippen molar-refractivity contribution in [3.05, 3.63) is 50.9 Å². The molecule has 2 aromatic rings. The number of carbonyl (C=O) groups excluding carboxylic acids is 2. The number of nitrogens with one attached hydrogen (secondary N) is 2. The molecule has 28 heavy (non-hydrogen) atoms. The van der Waals surface area contributed by atoms with Gasteiger partial charge in [-0.3, -0.25) is 15.0 Å². The van der Waals surface area contributed by atoms with Crippen LogP contribution >= 0.6 is 22.9 Å². The van der Waals surface area contributed by atoms with Crippen LogP contribution < -0.4 is 5.32 Å². The molecule has 150 valence electrons. The predicted molar refractivity (Wildman–Crippen MR) is 115 cm³/mol. The second-order valence-corrected chi connectivity index (χ2v) is 9.17. The Morgan fingerprint density at radius 2 is 1.75 bits per heavy atom. The molecular formula is C21H25ClN2O3S. The van der Waals surface area contributed by atoms with E-state index in [4.69, 9.17) is 21.7 Å². The molecule has 2 N–H and O–H groups in total. The monoisotopic (exact) mass is 420 g/mol. The molecule has 0 atom stereocenters. The highest BCUT2D eigenvalue weighted by Gasteiger charge is 2.21. The van der Waals surface area contributed by atoms with E-state index < -0.39 is 11.6 Å². The maximum Gasteiger partial charge on any atom is 0.306 e. The third kappa shape index (κ3) is 5.91. The van der Waals surface area contributed by atoms with Crippen LogP contribution in [0.2, 0.25) is 5.02 Å². The molecule has 0 spiro atoms. The summed E-state index contributed by atoms with van der Waals surface area (Å²) in [6, 6.07) is 7.04. The third-order valence-electron chi connectivity index (χ3n) is 4.00. The van der Waals surface area contributed by atoms with Gasteiger partial charge in [0.2, 0.25) is 5.91 Å². The average molecular weight is 421 g/mol. The van der Waals surface area contributed by atoms with E-state index in [1.54, 1.807) is 45.0 Å². The Labute approximate surface area is 174 Å². The number of esters is 1. The van der Waals surface area contributed by atoms with Gasteiger partial charge in [0.15, 0.2) is 0 Å². The Hall–Kier alpha value is -2.18. The Morgan fingerprint density at radius 1 is 1.14 bits per heavy atom. The number of anilines is 1. The van der Waals surface area contributed by atoms with E-state index in [1.807, 2.05) is 13.8 Å². The van der Waals surface area contributed by atoms with Crippen LogP contribution in [0.3, 0.4) is 0 Å². The van der Waals surface area contributed by atoms with Gasteiger partial charge < -0.3 is 10.1 Å². The van der Waals surface area contributed by atoms with Gasteiger partial charge in [0.05, 0.1) is 12.1 Å². The second kappa shape index (κ2) is 8.88. The number of rotatable bonds is 6. The van der Waals surface area contributed by atoms with Gasteiger partial charge in [-0.05, 0) is 52.3 Å². The summed E-state index contributed by atoms with van der Waals surface area (Å²) in [6.07, 6.45) is 0.0367. The van der Waals surface area contributed by atoms with E-state index in [9.17, 15) is 9.59 Å². The fraction of sp³-hybridized carbons (Fsp3) is 0.381. The van der Waals surface area contributed by atoms with Gasteiger partial charge in [-0.15, -0.1) is 11.3 Å². The average Bonchev–Trinajstić information content (AvgIpc) is 2.85. The first kappa shape index (κ1) is 22.1.